The van der Waals surface area contributed by atoms with E-state index in [1.54, 1.807) is 23.8 Å². The lowest BCUT2D eigenvalue weighted by Crippen LogP contribution is -2.66. The number of urea groups is 1. The van der Waals surface area contributed by atoms with E-state index < -0.39 is 17.7 Å². The molecule has 0 radical (unpaired) electrons. The summed E-state index contributed by atoms with van der Waals surface area (Å²) in [5.74, 6) is -1.01. The van der Waals surface area contributed by atoms with Gasteiger partial charge >= 0.3 is 12.0 Å². The summed E-state index contributed by atoms with van der Waals surface area (Å²) in [6, 6.07) is -0.254. The molecule has 0 bridgehead atoms. The number of nitrogens with zero attached hydrogens (tertiary/aromatic N) is 2. The van der Waals surface area contributed by atoms with E-state index in [1.807, 2.05) is 0 Å². The fourth-order valence-electron chi connectivity index (χ4n) is 3.13. The molecule has 1 aliphatic heterocycles. The van der Waals surface area contributed by atoms with Crippen molar-refractivity contribution in [1.29, 1.82) is 0 Å². The summed E-state index contributed by atoms with van der Waals surface area (Å²) in [5.41, 5.74) is -0.583. The molecule has 2 aliphatic rings. The number of likely N-dealkylation sites (tertiary alicyclic amines) is 1. The zero-order valence-corrected chi connectivity index (χ0v) is 12.6. The molecule has 1 saturated heterocycles. The van der Waals surface area contributed by atoms with Crippen molar-refractivity contribution in [3.63, 3.8) is 0 Å². The van der Waals surface area contributed by atoms with Crippen LogP contribution in [0, 0.1) is 0 Å². The summed E-state index contributed by atoms with van der Waals surface area (Å²) in [6.07, 6.45) is 3.14. The summed E-state index contributed by atoms with van der Waals surface area (Å²) in [6.45, 7) is 2.21. The van der Waals surface area contributed by atoms with E-state index in [-0.39, 0.29) is 18.7 Å². The van der Waals surface area contributed by atoms with Gasteiger partial charge in [-0.2, -0.15) is 0 Å². The van der Waals surface area contributed by atoms with Crippen LogP contribution in [0.15, 0.2) is 0 Å². The number of carbonyl (C=O) groups excluding carboxylic acids is 1. The van der Waals surface area contributed by atoms with Gasteiger partial charge in [0, 0.05) is 7.05 Å². The molecule has 1 aliphatic carbocycles. The van der Waals surface area contributed by atoms with Crippen LogP contribution in [0.2, 0.25) is 0 Å². The number of amides is 2. The molecule has 2 rings (SSSR count). The monoisotopic (exact) mass is 300 g/mol. The number of carbonyl (C=O) groups is 2. The Morgan fingerprint density at radius 3 is 2.52 bits per heavy atom. The van der Waals surface area contributed by atoms with Gasteiger partial charge in [0.15, 0.2) is 0 Å². The van der Waals surface area contributed by atoms with E-state index in [2.05, 4.69) is 0 Å². The van der Waals surface area contributed by atoms with E-state index in [1.165, 1.54) is 0 Å². The fourth-order valence-corrected chi connectivity index (χ4v) is 3.13. The molecule has 2 fully saturated rings. The summed E-state index contributed by atoms with van der Waals surface area (Å²) >= 11 is 0. The molecule has 2 amide bonds. The second-order valence-corrected chi connectivity index (χ2v) is 6.30. The van der Waals surface area contributed by atoms with Gasteiger partial charge < -0.3 is 24.7 Å². The summed E-state index contributed by atoms with van der Waals surface area (Å²) < 4.78 is 5.29. The highest BCUT2D eigenvalue weighted by molar-refractivity contribution is 5.76. The molecular weight excluding hydrogens is 276 g/mol. The standard InChI is InChI=1S/C14H24N2O5/c1-14(21-7-12(18)19)8-16(9-14)13(20)15(2)10-5-3-4-6-11(10)17/h10-11,17H,3-9H2,1-2H3,(H,18,19). The van der Waals surface area contributed by atoms with Crippen LogP contribution in [-0.2, 0) is 9.53 Å². The van der Waals surface area contributed by atoms with Gasteiger partial charge in [-0.05, 0) is 19.8 Å². The molecular formula is C14H24N2O5. The first-order valence-corrected chi connectivity index (χ1v) is 7.38. The fraction of sp³-hybridized carbons (Fsp3) is 0.857. The number of likely N-dealkylation sites (N-methyl/N-ethyl adjacent to an activating group) is 1. The summed E-state index contributed by atoms with van der Waals surface area (Å²) in [7, 11) is 1.72. The van der Waals surface area contributed by atoms with Crippen LogP contribution in [-0.4, -0.2) is 76.5 Å². The smallest absolute Gasteiger partial charge is 0.329 e. The molecule has 7 heteroatoms. The first kappa shape index (κ1) is 16.0. The second kappa shape index (κ2) is 6.19. The Morgan fingerprint density at radius 1 is 1.33 bits per heavy atom. The van der Waals surface area contributed by atoms with Crippen molar-refractivity contribution in [2.45, 2.75) is 50.4 Å². The second-order valence-electron chi connectivity index (χ2n) is 6.30. The normalized spacial score (nSPS) is 27.9. The number of aliphatic hydroxyl groups excluding tert-OH is 1. The highest BCUT2D eigenvalue weighted by Crippen LogP contribution is 2.28. The minimum Gasteiger partial charge on any atom is -0.480 e. The number of aliphatic carboxylic acids is 1. The van der Waals surface area contributed by atoms with E-state index >= 15 is 0 Å². The van der Waals surface area contributed by atoms with Crippen LogP contribution in [0.25, 0.3) is 0 Å². The van der Waals surface area contributed by atoms with Crippen molar-refractivity contribution >= 4 is 12.0 Å². The molecule has 0 aromatic carbocycles. The third-order valence-electron chi connectivity index (χ3n) is 4.36. The van der Waals surface area contributed by atoms with Crippen molar-refractivity contribution in [2.24, 2.45) is 0 Å². The molecule has 120 valence electrons. The zero-order valence-electron chi connectivity index (χ0n) is 12.6. The Hall–Kier alpha value is -1.34. The van der Waals surface area contributed by atoms with Gasteiger partial charge in [-0.3, -0.25) is 0 Å². The lowest BCUT2D eigenvalue weighted by atomic mass is 9.91. The van der Waals surface area contributed by atoms with Crippen LogP contribution in [0.1, 0.15) is 32.6 Å². The number of ether oxygens (including phenoxy) is 1. The molecule has 1 saturated carbocycles. The maximum absolute atomic E-state index is 12.4. The van der Waals surface area contributed by atoms with Crippen molar-refractivity contribution in [3.8, 4) is 0 Å². The van der Waals surface area contributed by atoms with Crippen molar-refractivity contribution in [3.05, 3.63) is 0 Å². The third-order valence-corrected chi connectivity index (χ3v) is 4.36. The molecule has 2 N–H and O–H groups in total. The lowest BCUT2D eigenvalue weighted by molar-refractivity contribution is -0.160. The Labute approximate surface area is 124 Å². The Kier molecular flexibility index (Phi) is 4.73. The van der Waals surface area contributed by atoms with Gasteiger partial charge in [0.05, 0.1) is 25.2 Å². The molecule has 0 aromatic rings. The molecule has 2 atom stereocenters. The number of hydrogen-bond acceptors (Lipinski definition) is 4. The zero-order chi connectivity index (χ0) is 15.6. The minimum atomic E-state index is -1.01. The van der Waals surface area contributed by atoms with Crippen LogP contribution < -0.4 is 0 Å². The van der Waals surface area contributed by atoms with Crippen molar-refractivity contribution in [1.82, 2.24) is 9.80 Å². The van der Waals surface area contributed by atoms with Crippen molar-refractivity contribution in [2.75, 3.05) is 26.7 Å². The van der Waals surface area contributed by atoms with E-state index in [0.29, 0.717) is 13.1 Å². The largest absolute Gasteiger partial charge is 0.480 e. The number of hydrogen-bond donors (Lipinski definition) is 2. The Bertz CT molecular complexity index is 408. The van der Waals surface area contributed by atoms with Gasteiger partial charge in [0.2, 0.25) is 0 Å². The SMILES string of the molecule is CN(C(=O)N1CC(C)(OCC(=O)O)C1)C1CCCCC1O. The Balaban J connectivity index is 1.83. The van der Waals surface area contributed by atoms with E-state index in [4.69, 9.17) is 9.84 Å². The molecule has 1 heterocycles. The highest BCUT2D eigenvalue weighted by Gasteiger charge is 2.45. The van der Waals surface area contributed by atoms with Gasteiger partial charge in [0.1, 0.15) is 12.2 Å². The molecule has 2 unspecified atom stereocenters. The van der Waals surface area contributed by atoms with Gasteiger partial charge in [-0.1, -0.05) is 12.8 Å². The maximum Gasteiger partial charge on any atom is 0.329 e. The number of aliphatic hydroxyl groups is 1. The quantitative estimate of drug-likeness (QED) is 0.790. The van der Waals surface area contributed by atoms with Crippen LogP contribution in [0.3, 0.4) is 0 Å². The molecule has 7 nitrogen and oxygen atoms in total. The topological polar surface area (TPSA) is 90.3 Å². The summed E-state index contributed by atoms with van der Waals surface area (Å²) in [5, 5.41) is 18.6. The predicted octanol–water partition coefficient (Wildman–Crippen LogP) is 0.517. The predicted molar refractivity (Wildman–Crippen MR) is 75.0 cm³/mol. The van der Waals surface area contributed by atoms with E-state index in [9.17, 15) is 14.7 Å². The van der Waals surface area contributed by atoms with Gasteiger partial charge in [-0.25, -0.2) is 9.59 Å². The van der Waals surface area contributed by atoms with Gasteiger partial charge in [0.25, 0.3) is 0 Å². The number of carboxylic acid groups (broad SMARTS) is 1. The molecule has 0 spiro atoms. The van der Waals surface area contributed by atoms with Crippen LogP contribution >= 0.6 is 0 Å². The van der Waals surface area contributed by atoms with Gasteiger partial charge in [-0.15, -0.1) is 0 Å². The number of carboxylic acids is 1. The number of rotatable bonds is 4. The maximum atomic E-state index is 12.4. The Morgan fingerprint density at radius 2 is 1.95 bits per heavy atom. The van der Waals surface area contributed by atoms with Crippen LogP contribution in [0.4, 0.5) is 4.79 Å². The molecule has 0 aromatic heterocycles. The first-order valence-electron chi connectivity index (χ1n) is 7.38. The molecule has 21 heavy (non-hydrogen) atoms. The lowest BCUT2D eigenvalue weighted by Gasteiger charge is -2.49. The first-order chi connectivity index (χ1) is 9.82. The van der Waals surface area contributed by atoms with Crippen LogP contribution in [0.5, 0.6) is 0 Å². The van der Waals surface area contributed by atoms with E-state index in [0.717, 1.165) is 25.7 Å². The summed E-state index contributed by atoms with van der Waals surface area (Å²) in [4.78, 5) is 26.1. The highest BCUT2D eigenvalue weighted by atomic mass is 16.5. The average Bonchev–Trinajstić information content (AvgIpc) is 2.41. The van der Waals surface area contributed by atoms with Crippen molar-refractivity contribution < 1.29 is 24.5 Å². The third kappa shape index (κ3) is 3.65. The minimum absolute atomic E-state index is 0.127. The average molecular weight is 300 g/mol.